The molecule has 8 nitrogen and oxygen atoms in total. The minimum absolute atomic E-state index is 0.0913. The van der Waals surface area contributed by atoms with E-state index < -0.39 is 40.5 Å². The molecule has 2 aromatic heterocycles. The Morgan fingerprint density at radius 2 is 2.00 bits per heavy atom. The van der Waals surface area contributed by atoms with E-state index in [1.54, 1.807) is 0 Å². The number of alkyl halides is 4. The van der Waals surface area contributed by atoms with Gasteiger partial charge in [-0.05, 0) is 63.4 Å². The number of benzene rings is 1. The summed E-state index contributed by atoms with van der Waals surface area (Å²) in [6.07, 6.45) is -2.14. The summed E-state index contributed by atoms with van der Waals surface area (Å²) in [4.78, 5) is 17.1. The van der Waals surface area contributed by atoms with Crippen molar-refractivity contribution in [1.29, 1.82) is 0 Å². The predicted octanol–water partition coefficient (Wildman–Crippen LogP) is 5.29. The average Bonchev–Trinajstić information content (AvgIpc) is 3.67. The Balaban J connectivity index is 1.39. The molecule has 4 aliphatic rings. The molecule has 4 aliphatic heterocycles. The Morgan fingerprint density at radius 3 is 2.79 bits per heavy atom. The minimum atomic E-state index is -4.85. The zero-order valence-corrected chi connectivity index (χ0v) is 24.2. The van der Waals surface area contributed by atoms with E-state index in [4.69, 9.17) is 27.1 Å². The molecule has 43 heavy (non-hydrogen) atoms. The third-order valence-electron chi connectivity index (χ3n) is 9.49. The van der Waals surface area contributed by atoms with Gasteiger partial charge in [-0.3, -0.25) is 4.90 Å². The van der Waals surface area contributed by atoms with Crippen molar-refractivity contribution in [2.75, 3.05) is 43.4 Å². The summed E-state index contributed by atoms with van der Waals surface area (Å²) in [5.74, 6) is -0.889. The van der Waals surface area contributed by atoms with Gasteiger partial charge in [0, 0.05) is 37.0 Å². The lowest BCUT2D eigenvalue weighted by Gasteiger charge is -2.31. The van der Waals surface area contributed by atoms with Crippen molar-refractivity contribution in [3.63, 3.8) is 0 Å². The number of nitrogens with zero attached hydrogens (tertiary/aromatic N) is 5. The number of aryl methyl sites for hydroxylation is 1. The molecule has 2 unspecified atom stereocenters. The molecule has 3 N–H and O–H groups in total. The normalized spacial score (nSPS) is 27.3. The lowest BCUT2D eigenvalue weighted by Crippen LogP contribution is -2.43. The molecule has 4 fully saturated rings. The van der Waals surface area contributed by atoms with Gasteiger partial charge in [0.15, 0.2) is 5.82 Å². The van der Waals surface area contributed by atoms with E-state index in [0.717, 1.165) is 44.8 Å². The van der Waals surface area contributed by atoms with Crippen molar-refractivity contribution in [3.05, 3.63) is 34.1 Å². The largest absolute Gasteiger partial charge is 0.461 e. The lowest BCUT2D eigenvalue weighted by molar-refractivity contribution is -0.137. The molecule has 0 aliphatic carbocycles. The Kier molecular flexibility index (Phi) is 6.86. The smallest absolute Gasteiger partial charge is 0.418 e. The number of halogens is 6. The molecular weight excluding hydrogens is 593 g/mol. The number of nitrogen functional groups attached to an aromatic ring is 1. The van der Waals surface area contributed by atoms with Crippen molar-refractivity contribution in [2.45, 2.75) is 69.0 Å². The SMILES string of the molecule is Cc1cc(N)nc(-c2c(Cl)cc3c(N4CCC5NCCC54)nc(OC[C@]45CCCN4C[C@H](F)C5)nc3c2F)c1C(F)(F)F. The molecule has 14 heteroatoms. The maximum absolute atomic E-state index is 16.6. The molecule has 0 amide bonds. The van der Waals surface area contributed by atoms with Crippen LogP contribution < -0.4 is 20.7 Å². The first-order valence-corrected chi connectivity index (χ1v) is 14.9. The van der Waals surface area contributed by atoms with Gasteiger partial charge >= 0.3 is 12.2 Å². The van der Waals surface area contributed by atoms with E-state index in [2.05, 4.69) is 25.1 Å². The van der Waals surface area contributed by atoms with E-state index in [9.17, 15) is 17.6 Å². The van der Waals surface area contributed by atoms with Crippen LogP contribution in [0.5, 0.6) is 6.01 Å². The van der Waals surface area contributed by atoms with Gasteiger partial charge in [-0.25, -0.2) is 13.8 Å². The topological polar surface area (TPSA) is 92.4 Å². The van der Waals surface area contributed by atoms with Crippen molar-refractivity contribution in [2.24, 2.45) is 0 Å². The molecular formula is C29H31ClF5N7O. The van der Waals surface area contributed by atoms with E-state index in [0.29, 0.717) is 25.3 Å². The first-order valence-electron chi connectivity index (χ1n) is 14.5. The van der Waals surface area contributed by atoms with Gasteiger partial charge in [-0.1, -0.05) is 11.6 Å². The van der Waals surface area contributed by atoms with Gasteiger partial charge in [0.1, 0.15) is 29.9 Å². The number of nitrogens with one attached hydrogen (secondary N) is 1. The van der Waals surface area contributed by atoms with Crippen molar-refractivity contribution in [1.82, 2.24) is 25.2 Å². The molecule has 4 atom stereocenters. The molecule has 0 bridgehead atoms. The second kappa shape index (κ2) is 10.3. The molecule has 230 valence electrons. The van der Waals surface area contributed by atoms with E-state index in [1.807, 2.05) is 0 Å². The maximum atomic E-state index is 16.6. The van der Waals surface area contributed by atoms with E-state index >= 15 is 4.39 Å². The number of hydrogen-bond donors (Lipinski definition) is 2. The van der Waals surface area contributed by atoms with E-state index in [-0.39, 0.29) is 52.0 Å². The molecule has 4 saturated heterocycles. The Labute approximate surface area is 249 Å². The lowest BCUT2D eigenvalue weighted by atomic mass is 9.95. The van der Waals surface area contributed by atoms with Gasteiger partial charge in [-0.15, -0.1) is 0 Å². The number of hydrogen-bond acceptors (Lipinski definition) is 8. The van der Waals surface area contributed by atoms with Crippen LogP contribution in [0, 0.1) is 12.7 Å². The maximum Gasteiger partial charge on any atom is 0.418 e. The third-order valence-corrected chi connectivity index (χ3v) is 9.79. The van der Waals surface area contributed by atoms with Crippen LogP contribution in [0.1, 0.15) is 43.2 Å². The first-order chi connectivity index (χ1) is 20.4. The summed E-state index contributed by atoms with van der Waals surface area (Å²) < 4.78 is 79.7. The average molecular weight is 624 g/mol. The molecule has 6 heterocycles. The number of pyridine rings is 1. The third kappa shape index (κ3) is 4.74. The summed E-state index contributed by atoms with van der Waals surface area (Å²) in [6.45, 7) is 3.90. The molecule has 0 saturated carbocycles. The highest BCUT2D eigenvalue weighted by Gasteiger charge is 2.49. The van der Waals surface area contributed by atoms with Crippen LogP contribution in [0.2, 0.25) is 5.02 Å². The number of ether oxygens (including phenoxy) is 1. The van der Waals surface area contributed by atoms with Crippen LogP contribution in [0.4, 0.5) is 33.6 Å². The molecule has 0 spiro atoms. The second-order valence-corrected chi connectivity index (χ2v) is 12.5. The van der Waals surface area contributed by atoms with Gasteiger partial charge in [0.25, 0.3) is 0 Å². The number of aromatic nitrogens is 3. The van der Waals surface area contributed by atoms with Gasteiger partial charge in [-0.2, -0.15) is 23.1 Å². The van der Waals surface area contributed by atoms with Crippen molar-refractivity contribution in [3.8, 4) is 17.3 Å². The zero-order valence-electron chi connectivity index (χ0n) is 23.4. The second-order valence-electron chi connectivity index (χ2n) is 12.1. The first kappa shape index (κ1) is 28.7. The fourth-order valence-corrected chi connectivity index (χ4v) is 7.95. The van der Waals surface area contributed by atoms with Crippen LogP contribution in [0.25, 0.3) is 22.2 Å². The van der Waals surface area contributed by atoms with Crippen molar-refractivity contribution >= 4 is 34.1 Å². The molecule has 7 rings (SSSR count). The standard InChI is InChI=1S/C29H31ClF5N7O/c1-14-9-20(36)38-25(22(14)29(33,34)35)21-17(30)10-16-24(23(21)32)39-27(40-26(16)42-8-4-18-19(42)3-6-37-18)43-13-28-5-2-7-41(28)12-15(31)11-28/h9-10,15,18-19,37H,2-8,11-13H2,1H3,(H2,36,38)/t15-,18?,19?,28-/m1/s1. The summed E-state index contributed by atoms with van der Waals surface area (Å²) in [6, 6.07) is 2.68. The Hall–Kier alpha value is -3.03. The minimum Gasteiger partial charge on any atom is -0.461 e. The fraction of sp³-hybridized carbons (Fsp3) is 0.552. The fourth-order valence-electron chi connectivity index (χ4n) is 7.67. The monoisotopic (exact) mass is 623 g/mol. The molecule has 3 aromatic rings. The highest BCUT2D eigenvalue weighted by atomic mass is 35.5. The number of rotatable bonds is 5. The van der Waals surface area contributed by atoms with Crippen LogP contribution >= 0.6 is 11.6 Å². The van der Waals surface area contributed by atoms with Crippen LogP contribution in [0.3, 0.4) is 0 Å². The molecule has 0 radical (unpaired) electrons. The zero-order chi connectivity index (χ0) is 30.3. The Morgan fingerprint density at radius 1 is 1.19 bits per heavy atom. The van der Waals surface area contributed by atoms with Gasteiger partial charge in [0.2, 0.25) is 0 Å². The number of anilines is 2. The summed E-state index contributed by atoms with van der Waals surface area (Å²) in [7, 11) is 0. The highest BCUT2D eigenvalue weighted by Crippen LogP contribution is 2.46. The van der Waals surface area contributed by atoms with Gasteiger partial charge in [0.05, 0.1) is 27.4 Å². The Bertz CT molecular complexity index is 1610. The number of nitrogens with two attached hydrogens (primary N) is 1. The van der Waals surface area contributed by atoms with Crippen LogP contribution in [0.15, 0.2) is 12.1 Å². The predicted molar refractivity (Wildman–Crippen MR) is 153 cm³/mol. The van der Waals surface area contributed by atoms with Crippen LogP contribution in [-0.2, 0) is 6.18 Å². The highest BCUT2D eigenvalue weighted by molar-refractivity contribution is 6.34. The van der Waals surface area contributed by atoms with E-state index in [1.165, 1.54) is 13.0 Å². The summed E-state index contributed by atoms with van der Waals surface area (Å²) in [5.41, 5.74) is 2.48. The summed E-state index contributed by atoms with van der Waals surface area (Å²) in [5, 5.41) is 3.46. The number of fused-ring (bicyclic) bond motifs is 3. The van der Waals surface area contributed by atoms with Crippen molar-refractivity contribution < 1.29 is 26.7 Å². The van der Waals surface area contributed by atoms with Gasteiger partial charge < -0.3 is 20.7 Å². The van der Waals surface area contributed by atoms with Crippen LogP contribution in [-0.4, -0.2) is 76.4 Å². The quantitative estimate of drug-likeness (QED) is 0.371. The summed E-state index contributed by atoms with van der Waals surface area (Å²) >= 11 is 6.57. The molecule has 1 aromatic carbocycles.